The van der Waals surface area contributed by atoms with Crippen molar-refractivity contribution < 1.29 is 14.3 Å². The number of nitrogen functional groups attached to an aromatic ring is 1. The molecule has 8 heteroatoms. The van der Waals surface area contributed by atoms with E-state index < -0.39 is 11.9 Å². The van der Waals surface area contributed by atoms with Crippen LogP contribution in [0.1, 0.15) is 27.8 Å². The summed E-state index contributed by atoms with van der Waals surface area (Å²) >= 11 is 3.26. The van der Waals surface area contributed by atoms with Gasteiger partial charge in [-0.05, 0) is 35.0 Å². The molecule has 0 fully saturated rings. The number of nitrogens with two attached hydrogens (primary N) is 2. The number of nitrogens with zero attached hydrogens (tertiary/aromatic N) is 2. The smallest absolute Gasteiger partial charge is 0.361 e. The molecule has 1 aromatic heterocycles. The van der Waals surface area contributed by atoms with Gasteiger partial charge in [0.15, 0.2) is 5.69 Å². The lowest BCUT2D eigenvalue weighted by Crippen LogP contribution is -2.16. The Balaban J connectivity index is 2.54. The van der Waals surface area contributed by atoms with Gasteiger partial charge < -0.3 is 16.2 Å². The van der Waals surface area contributed by atoms with Gasteiger partial charge in [0.05, 0.1) is 29.7 Å². The van der Waals surface area contributed by atoms with E-state index in [0.717, 1.165) is 0 Å². The van der Waals surface area contributed by atoms with Gasteiger partial charge in [-0.1, -0.05) is 6.07 Å². The zero-order valence-corrected chi connectivity index (χ0v) is 12.8. The van der Waals surface area contributed by atoms with Crippen molar-refractivity contribution in [1.82, 2.24) is 9.78 Å². The van der Waals surface area contributed by atoms with Crippen molar-refractivity contribution in [3.8, 4) is 5.69 Å². The lowest BCUT2D eigenvalue weighted by Gasteiger charge is -2.08. The van der Waals surface area contributed by atoms with Crippen LogP contribution in [0.2, 0.25) is 0 Å². The highest BCUT2D eigenvalue weighted by Gasteiger charge is 2.20. The summed E-state index contributed by atoms with van der Waals surface area (Å²) < 4.78 is 6.72. The Morgan fingerprint density at radius 1 is 1.43 bits per heavy atom. The minimum Gasteiger partial charge on any atom is -0.461 e. The van der Waals surface area contributed by atoms with Gasteiger partial charge >= 0.3 is 5.97 Å². The maximum Gasteiger partial charge on any atom is 0.361 e. The van der Waals surface area contributed by atoms with E-state index in [0.29, 0.717) is 10.2 Å². The third-order valence-corrected chi connectivity index (χ3v) is 3.36. The first-order chi connectivity index (χ1) is 9.95. The largest absolute Gasteiger partial charge is 0.461 e. The van der Waals surface area contributed by atoms with Gasteiger partial charge in [0.2, 0.25) is 0 Å². The summed E-state index contributed by atoms with van der Waals surface area (Å²) in [5.41, 5.74) is 11.9. The zero-order chi connectivity index (χ0) is 15.6. The number of anilines is 1. The fourth-order valence-electron chi connectivity index (χ4n) is 1.82. The van der Waals surface area contributed by atoms with Crippen LogP contribution in [-0.4, -0.2) is 28.3 Å². The van der Waals surface area contributed by atoms with Crippen molar-refractivity contribution >= 4 is 33.5 Å². The first-order valence-electron chi connectivity index (χ1n) is 6.06. The molecule has 110 valence electrons. The number of amides is 1. The summed E-state index contributed by atoms with van der Waals surface area (Å²) in [6.07, 6.45) is 1.43. The Bertz CT molecular complexity index is 711. The Morgan fingerprint density at radius 3 is 2.76 bits per heavy atom. The highest BCUT2D eigenvalue weighted by molar-refractivity contribution is 9.10. The molecule has 0 spiro atoms. The molecule has 0 atom stereocenters. The Kier molecular flexibility index (Phi) is 4.27. The van der Waals surface area contributed by atoms with E-state index in [-0.39, 0.29) is 23.6 Å². The van der Waals surface area contributed by atoms with E-state index in [1.165, 1.54) is 10.9 Å². The van der Waals surface area contributed by atoms with Gasteiger partial charge in [-0.25, -0.2) is 9.48 Å². The predicted octanol–water partition coefficient (Wildman–Crippen LogP) is 1.49. The molecule has 1 amide bonds. The van der Waals surface area contributed by atoms with Crippen LogP contribution < -0.4 is 11.5 Å². The highest BCUT2D eigenvalue weighted by Crippen LogP contribution is 2.24. The number of esters is 1. The van der Waals surface area contributed by atoms with Crippen LogP contribution >= 0.6 is 15.9 Å². The summed E-state index contributed by atoms with van der Waals surface area (Å²) in [7, 11) is 0. The third kappa shape index (κ3) is 2.89. The van der Waals surface area contributed by atoms with E-state index in [1.807, 2.05) is 0 Å². The number of primary amides is 1. The predicted molar refractivity (Wildman–Crippen MR) is 80.2 cm³/mol. The second kappa shape index (κ2) is 5.96. The molecule has 0 aliphatic rings. The zero-order valence-electron chi connectivity index (χ0n) is 11.2. The van der Waals surface area contributed by atoms with Crippen LogP contribution in [0.3, 0.4) is 0 Å². The number of rotatable bonds is 4. The Hall–Kier alpha value is -2.35. The van der Waals surface area contributed by atoms with Crippen LogP contribution in [0.5, 0.6) is 0 Å². The maximum absolute atomic E-state index is 11.7. The summed E-state index contributed by atoms with van der Waals surface area (Å²) in [6, 6.07) is 5.04. The monoisotopic (exact) mass is 352 g/mol. The maximum atomic E-state index is 11.7. The van der Waals surface area contributed by atoms with E-state index in [4.69, 9.17) is 16.2 Å². The lowest BCUT2D eigenvalue weighted by molar-refractivity contribution is 0.0520. The van der Waals surface area contributed by atoms with Crippen LogP contribution in [0, 0.1) is 0 Å². The van der Waals surface area contributed by atoms with Crippen molar-refractivity contribution in [3.05, 3.63) is 40.1 Å². The number of carbonyl (C=O) groups is 2. The molecule has 7 nitrogen and oxygen atoms in total. The van der Waals surface area contributed by atoms with Crippen molar-refractivity contribution in [2.45, 2.75) is 6.92 Å². The summed E-state index contributed by atoms with van der Waals surface area (Å²) in [4.78, 5) is 23.3. The molecule has 1 aromatic carbocycles. The standard InChI is InChI=1S/C13H13BrN4O3/c1-2-21-13(20)11-8(15)6-18(17-11)9-5-3-4-7(14)10(9)12(16)19/h3-6H,2,15H2,1H3,(H2,16,19). The van der Waals surface area contributed by atoms with Crippen molar-refractivity contribution in [3.63, 3.8) is 0 Å². The SMILES string of the molecule is CCOC(=O)c1nn(-c2cccc(Br)c2C(N)=O)cc1N. The van der Waals surface area contributed by atoms with Crippen molar-refractivity contribution in [2.75, 3.05) is 12.3 Å². The van der Waals surface area contributed by atoms with E-state index in [2.05, 4.69) is 21.0 Å². The van der Waals surface area contributed by atoms with Gasteiger partial charge in [-0.3, -0.25) is 4.79 Å². The molecular weight excluding hydrogens is 340 g/mol. The average Bonchev–Trinajstić information content (AvgIpc) is 2.80. The van der Waals surface area contributed by atoms with Crippen LogP contribution in [-0.2, 0) is 4.74 Å². The summed E-state index contributed by atoms with van der Waals surface area (Å²) in [5, 5.41) is 4.07. The topological polar surface area (TPSA) is 113 Å². The molecule has 0 saturated heterocycles. The lowest BCUT2D eigenvalue weighted by atomic mass is 10.1. The Morgan fingerprint density at radius 2 is 2.14 bits per heavy atom. The molecule has 0 unspecified atom stereocenters. The number of halogens is 1. The molecule has 1 heterocycles. The van der Waals surface area contributed by atoms with E-state index in [1.54, 1.807) is 25.1 Å². The highest BCUT2D eigenvalue weighted by atomic mass is 79.9. The van der Waals surface area contributed by atoms with E-state index >= 15 is 0 Å². The summed E-state index contributed by atoms with van der Waals surface area (Å²) in [6.45, 7) is 1.90. The van der Waals surface area contributed by atoms with Gasteiger partial charge in [0.25, 0.3) is 5.91 Å². The van der Waals surface area contributed by atoms with E-state index in [9.17, 15) is 9.59 Å². The van der Waals surface area contributed by atoms with Crippen molar-refractivity contribution in [2.24, 2.45) is 5.73 Å². The second-order valence-electron chi connectivity index (χ2n) is 4.10. The van der Waals surface area contributed by atoms with Crippen molar-refractivity contribution in [1.29, 1.82) is 0 Å². The first-order valence-corrected chi connectivity index (χ1v) is 6.86. The number of aromatic nitrogens is 2. The minimum absolute atomic E-state index is 0.00718. The fraction of sp³-hybridized carbons (Fsp3) is 0.154. The number of benzene rings is 1. The third-order valence-electron chi connectivity index (χ3n) is 2.70. The van der Waals surface area contributed by atoms with Gasteiger partial charge in [0, 0.05) is 4.47 Å². The molecule has 21 heavy (non-hydrogen) atoms. The normalized spacial score (nSPS) is 10.4. The van der Waals surface area contributed by atoms with Gasteiger partial charge in [-0.2, -0.15) is 5.10 Å². The van der Waals surface area contributed by atoms with Gasteiger partial charge in [0.1, 0.15) is 0 Å². The number of hydrogen-bond acceptors (Lipinski definition) is 5. The van der Waals surface area contributed by atoms with Crippen LogP contribution in [0.15, 0.2) is 28.9 Å². The average molecular weight is 353 g/mol. The first kappa shape index (κ1) is 15.0. The quantitative estimate of drug-likeness (QED) is 0.809. The molecule has 2 rings (SSSR count). The molecule has 0 aliphatic heterocycles. The minimum atomic E-state index is -0.621. The second-order valence-corrected chi connectivity index (χ2v) is 4.95. The van der Waals surface area contributed by atoms with Crippen LogP contribution in [0.4, 0.5) is 5.69 Å². The molecule has 2 aromatic rings. The van der Waals surface area contributed by atoms with Gasteiger partial charge in [-0.15, -0.1) is 0 Å². The molecule has 4 N–H and O–H groups in total. The molecule has 0 radical (unpaired) electrons. The summed E-state index contributed by atoms with van der Waals surface area (Å²) in [5.74, 6) is -1.24. The molecule has 0 aliphatic carbocycles. The number of hydrogen-bond donors (Lipinski definition) is 2. The molecule has 0 bridgehead atoms. The van der Waals surface area contributed by atoms with Crippen LogP contribution in [0.25, 0.3) is 5.69 Å². The number of carbonyl (C=O) groups excluding carboxylic acids is 2. The number of ether oxygens (including phenoxy) is 1. The fourth-order valence-corrected chi connectivity index (χ4v) is 2.37. The molecule has 0 saturated carbocycles. The molecular formula is C13H13BrN4O3. The Labute approximate surface area is 129 Å².